The Balaban J connectivity index is 0.000000231. The van der Waals surface area contributed by atoms with Gasteiger partial charge in [-0.25, -0.2) is 0 Å². The van der Waals surface area contributed by atoms with Gasteiger partial charge in [0.25, 0.3) is 0 Å². The van der Waals surface area contributed by atoms with Gasteiger partial charge in [0.15, 0.2) is 0 Å². The number of rotatable bonds is 2. The topological polar surface area (TPSA) is 21.8 Å². The van der Waals surface area contributed by atoms with Crippen molar-refractivity contribution in [3.8, 4) is 0 Å². The van der Waals surface area contributed by atoms with Crippen LogP contribution in [-0.2, 0) is 0 Å². The highest BCUT2D eigenvalue weighted by atomic mass is 15.2. The zero-order chi connectivity index (χ0) is 17.4. The normalized spacial score (nSPS) is 29.1. The van der Waals surface area contributed by atoms with Crippen molar-refractivity contribution in [1.82, 2.24) is 20.0 Å². The highest BCUT2D eigenvalue weighted by molar-refractivity contribution is 4.77. The molecule has 0 radical (unpaired) electrons. The predicted octanol–water partition coefficient (Wildman–Crippen LogP) is 2.50. The maximum absolute atomic E-state index is 3.44. The molecule has 1 N–H and O–H groups in total. The summed E-state index contributed by atoms with van der Waals surface area (Å²) in [6.45, 7) is 21.1. The molecule has 2 heterocycles. The summed E-state index contributed by atoms with van der Waals surface area (Å²) in [6.07, 6.45) is 2.61. The lowest BCUT2D eigenvalue weighted by Gasteiger charge is -2.30. The zero-order valence-electron chi connectivity index (χ0n) is 16.8. The van der Waals surface area contributed by atoms with Gasteiger partial charge >= 0.3 is 0 Å². The Morgan fingerprint density at radius 3 is 2.17 bits per heavy atom. The van der Waals surface area contributed by atoms with Crippen molar-refractivity contribution in [2.75, 3.05) is 46.3 Å². The van der Waals surface area contributed by atoms with Crippen molar-refractivity contribution >= 4 is 0 Å². The largest absolute Gasteiger partial charge is 0.315 e. The zero-order valence-corrected chi connectivity index (χ0v) is 16.8. The number of nitrogens with one attached hydrogen (secondary N) is 1. The minimum absolute atomic E-state index is 0.699. The average Bonchev–Trinajstić information content (AvgIpc) is 2.79. The SMILES string of the molecule is CC(C)N1CCCNC[C@@H]1C.CC1CN(C(C)C)CCCN1C. The molecule has 138 valence electrons. The van der Waals surface area contributed by atoms with Gasteiger partial charge < -0.3 is 10.2 Å². The van der Waals surface area contributed by atoms with E-state index in [1.54, 1.807) is 0 Å². The van der Waals surface area contributed by atoms with Crippen molar-refractivity contribution in [2.45, 2.75) is 78.6 Å². The number of likely N-dealkylation sites (N-methyl/N-ethyl adjacent to an activating group) is 1. The molecule has 0 aliphatic carbocycles. The van der Waals surface area contributed by atoms with Crippen LogP contribution < -0.4 is 5.32 Å². The van der Waals surface area contributed by atoms with Gasteiger partial charge in [-0.3, -0.25) is 9.80 Å². The van der Waals surface area contributed by atoms with Crippen molar-refractivity contribution in [3.63, 3.8) is 0 Å². The highest BCUT2D eigenvalue weighted by Gasteiger charge is 2.20. The van der Waals surface area contributed by atoms with E-state index >= 15 is 0 Å². The van der Waals surface area contributed by atoms with E-state index in [-0.39, 0.29) is 0 Å². The minimum Gasteiger partial charge on any atom is -0.315 e. The molecular formula is C19H42N4. The summed E-state index contributed by atoms with van der Waals surface area (Å²) in [5, 5.41) is 3.44. The van der Waals surface area contributed by atoms with Gasteiger partial charge in [0, 0.05) is 37.3 Å². The fourth-order valence-electron chi connectivity index (χ4n) is 3.59. The third-order valence-corrected chi connectivity index (χ3v) is 5.38. The number of hydrogen-bond donors (Lipinski definition) is 1. The van der Waals surface area contributed by atoms with Crippen LogP contribution in [0.25, 0.3) is 0 Å². The molecule has 0 aromatic rings. The minimum atomic E-state index is 0.699. The number of nitrogens with zero attached hydrogens (tertiary/aromatic N) is 3. The van der Waals surface area contributed by atoms with E-state index in [1.807, 2.05) is 0 Å². The van der Waals surface area contributed by atoms with Crippen LogP contribution in [0.4, 0.5) is 0 Å². The second-order valence-corrected chi connectivity index (χ2v) is 8.01. The van der Waals surface area contributed by atoms with E-state index in [0.717, 1.165) is 12.6 Å². The molecule has 0 amide bonds. The molecule has 23 heavy (non-hydrogen) atoms. The van der Waals surface area contributed by atoms with Gasteiger partial charge in [-0.05, 0) is 87.6 Å². The van der Waals surface area contributed by atoms with Crippen molar-refractivity contribution in [3.05, 3.63) is 0 Å². The molecule has 2 aliphatic heterocycles. The van der Waals surface area contributed by atoms with Crippen LogP contribution in [0.1, 0.15) is 54.4 Å². The standard InChI is InChI=1S/C10H22N2.C9H20N2/c1-9(2)12-7-5-6-11(4)10(3)8-12;1-8(2)11-6-4-5-10-7-9(11)3/h9-10H,5-8H2,1-4H3;8-10H,4-7H2,1-3H3/t;9-/m.0/s1. The van der Waals surface area contributed by atoms with Gasteiger partial charge in [-0.1, -0.05) is 0 Å². The molecule has 0 saturated carbocycles. The Morgan fingerprint density at radius 1 is 0.870 bits per heavy atom. The molecular weight excluding hydrogens is 284 g/mol. The monoisotopic (exact) mass is 326 g/mol. The van der Waals surface area contributed by atoms with E-state index in [2.05, 4.69) is 68.6 Å². The molecule has 0 aromatic carbocycles. The Bertz CT molecular complexity index is 306. The molecule has 2 saturated heterocycles. The first-order valence-corrected chi connectivity index (χ1v) is 9.73. The third-order valence-electron chi connectivity index (χ3n) is 5.38. The summed E-state index contributed by atoms with van der Waals surface area (Å²) < 4.78 is 0. The molecule has 0 spiro atoms. The van der Waals surface area contributed by atoms with Gasteiger partial charge in [-0.2, -0.15) is 0 Å². The summed E-state index contributed by atoms with van der Waals surface area (Å²) in [5.41, 5.74) is 0. The van der Waals surface area contributed by atoms with Crippen LogP contribution in [0, 0.1) is 0 Å². The van der Waals surface area contributed by atoms with Crippen LogP contribution >= 0.6 is 0 Å². The quantitative estimate of drug-likeness (QED) is 0.841. The van der Waals surface area contributed by atoms with E-state index in [4.69, 9.17) is 0 Å². The van der Waals surface area contributed by atoms with Crippen LogP contribution in [0.2, 0.25) is 0 Å². The van der Waals surface area contributed by atoms with E-state index in [9.17, 15) is 0 Å². The second-order valence-electron chi connectivity index (χ2n) is 8.01. The first kappa shape index (κ1) is 20.9. The molecule has 0 aromatic heterocycles. The Labute approximate surface area is 145 Å². The van der Waals surface area contributed by atoms with Crippen LogP contribution in [0.15, 0.2) is 0 Å². The molecule has 2 rings (SSSR count). The molecule has 2 atom stereocenters. The van der Waals surface area contributed by atoms with Crippen LogP contribution in [-0.4, -0.2) is 85.2 Å². The molecule has 4 heteroatoms. The van der Waals surface area contributed by atoms with Crippen molar-refractivity contribution < 1.29 is 0 Å². The maximum atomic E-state index is 3.44. The van der Waals surface area contributed by atoms with E-state index < -0.39 is 0 Å². The van der Waals surface area contributed by atoms with Gasteiger partial charge in [-0.15, -0.1) is 0 Å². The summed E-state index contributed by atoms with van der Waals surface area (Å²) in [5.74, 6) is 0. The van der Waals surface area contributed by atoms with Gasteiger partial charge in [0.2, 0.25) is 0 Å². The average molecular weight is 327 g/mol. The van der Waals surface area contributed by atoms with Crippen molar-refractivity contribution in [2.24, 2.45) is 0 Å². The summed E-state index contributed by atoms with van der Waals surface area (Å²) in [4.78, 5) is 7.61. The molecule has 4 nitrogen and oxygen atoms in total. The van der Waals surface area contributed by atoms with Gasteiger partial charge in [0.1, 0.15) is 0 Å². The van der Waals surface area contributed by atoms with Crippen LogP contribution in [0.3, 0.4) is 0 Å². The third kappa shape index (κ3) is 7.51. The maximum Gasteiger partial charge on any atom is 0.0195 e. The lowest BCUT2D eigenvalue weighted by molar-refractivity contribution is 0.176. The van der Waals surface area contributed by atoms with Gasteiger partial charge in [0.05, 0.1) is 0 Å². The number of hydrogen-bond acceptors (Lipinski definition) is 4. The summed E-state index contributed by atoms with van der Waals surface area (Å²) in [6, 6.07) is 2.83. The Kier molecular flexibility index (Phi) is 9.67. The highest BCUT2D eigenvalue weighted by Crippen LogP contribution is 2.10. The first-order valence-electron chi connectivity index (χ1n) is 9.73. The van der Waals surface area contributed by atoms with Crippen molar-refractivity contribution in [1.29, 1.82) is 0 Å². The lowest BCUT2D eigenvalue weighted by atomic mass is 10.2. The second kappa shape index (κ2) is 10.7. The Morgan fingerprint density at radius 2 is 1.57 bits per heavy atom. The smallest absolute Gasteiger partial charge is 0.0195 e. The fraction of sp³-hybridized carbons (Fsp3) is 1.00. The van der Waals surface area contributed by atoms with E-state index in [0.29, 0.717) is 18.1 Å². The first-order chi connectivity index (χ1) is 10.8. The predicted molar refractivity (Wildman–Crippen MR) is 102 cm³/mol. The summed E-state index contributed by atoms with van der Waals surface area (Å²) >= 11 is 0. The lowest BCUT2D eigenvalue weighted by Crippen LogP contribution is -2.41. The summed E-state index contributed by atoms with van der Waals surface area (Å²) in [7, 11) is 2.23. The molecule has 0 bridgehead atoms. The Hall–Kier alpha value is -0.160. The molecule has 2 fully saturated rings. The van der Waals surface area contributed by atoms with Crippen LogP contribution in [0.5, 0.6) is 0 Å². The fourth-order valence-corrected chi connectivity index (χ4v) is 3.59. The van der Waals surface area contributed by atoms with E-state index in [1.165, 1.54) is 45.6 Å². The molecule has 1 unspecified atom stereocenters. The molecule has 2 aliphatic rings.